The van der Waals surface area contributed by atoms with Gasteiger partial charge in [-0.2, -0.15) is 8.42 Å². The second-order valence-corrected chi connectivity index (χ2v) is 4.51. The van der Waals surface area contributed by atoms with Crippen molar-refractivity contribution in [2.75, 3.05) is 6.54 Å². The van der Waals surface area contributed by atoms with E-state index in [2.05, 4.69) is 4.40 Å². The van der Waals surface area contributed by atoms with Gasteiger partial charge in [-0.25, -0.2) is 4.31 Å². The van der Waals surface area contributed by atoms with E-state index >= 15 is 0 Å². The van der Waals surface area contributed by atoms with E-state index in [4.69, 9.17) is 11.5 Å². The molecule has 0 atom stereocenters. The fourth-order valence-electron chi connectivity index (χ4n) is 1.11. The lowest BCUT2D eigenvalue weighted by Gasteiger charge is -2.24. The quantitative estimate of drug-likeness (QED) is 0.667. The first-order chi connectivity index (χ1) is 6.47. The van der Waals surface area contributed by atoms with Crippen LogP contribution in [0.3, 0.4) is 0 Å². The van der Waals surface area contributed by atoms with Crippen LogP contribution in [-0.4, -0.2) is 25.1 Å². The topological polar surface area (TPSA) is 102 Å². The molecule has 14 heavy (non-hydrogen) atoms. The van der Waals surface area contributed by atoms with Gasteiger partial charge in [0, 0.05) is 12.6 Å². The highest BCUT2D eigenvalue weighted by Crippen LogP contribution is 2.14. The minimum absolute atomic E-state index is 0.0738. The second kappa shape index (κ2) is 3.87. The summed E-state index contributed by atoms with van der Waals surface area (Å²) in [7, 11) is -3.69. The molecule has 0 radical (unpaired) electrons. The molecule has 4 N–H and O–H groups in total. The van der Waals surface area contributed by atoms with Crippen molar-refractivity contribution in [3.05, 3.63) is 11.9 Å². The summed E-state index contributed by atoms with van der Waals surface area (Å²) < 4.78 is 27.3. The third-order valence-electron chi connectivity index (χ3n) is 1.80. The van der Waals surface area contributed by atoms with E-state index in [1.165, 1.54) is 6.08 Å². The molecule has 6 nitrogen and oxygen atoms in total. The first-order valence-corrected chi connectivity index (χ1v) is 5.72. The average Bonchev–Trinajstić information content (AvgIpc) is 2.00. The molecule has 0 amide bonds. The third-order valence-corrected chi connectivity index (χ3v) is 3.19. The highest BCUT2D eigenvalue weighted by molar-refractivity contribution is 7.88. The van der Waals surface area contributed by atoms with E-state index in [0.29, 0.717) is 6.54 Å². The van der Waals surface area contributed by atoms with Gasteiger partial charge in [0.15, 0.2) is 0 Å². The summed E-state index contributed by atoms with van der Waals surface area (Å²) in [5.74, 6) is 0.0567. The zero-order valence-corrected chi connectivity index (χ0v) is 8.79. The maximum absolute atomic E-state index is 11.4. The van der Waals surface area contributed by atoms with Crippen LogP contribution < -0.4 is 11.5 Å². The number of hydrogen-bond acceptors (Lipinski definition) is 4. The molecule has 1 aliphatic rings. The lowest BCUT2D eigenvalue weighted by Crippen LogP contribution is -2.38. The van der Waals surface area contributed by atoms with Crippen molar-refractivity contribution < 1.29 is 8.42 Å². The van der Waals surface area contributed by atoms with Crippen LogP contribution in [0.1, 0.15) is 19.8 Å². The van der Waals surface area contributed by atoms with Gasteiger partial charge in [-0.05, 0) is 6.42 Å². The molecule has 0 aliphatic carbocycles. The summed E-state index contributed by atoms with van der Waals surface area (Å²) in [6, 6.07) is 0. The van der Waals surface area contributed by atoms with Crippen LogP contribution in [0.2, 0.25) is 0 Å². The van der Waals surface area contributed by atoms with Crippen LogP contribution in [0, 0.1) is 0 Å². The van der Waals surface area contributed by atoms with E-state index in [1.807, 2.05) is 6.92 Å². The molecule has 0 spiro atoms. The molecular formula is C7H14N4O2S. The molecule has 0 fully saturated rings. The maximum atomic E-state index is 11.4. The van der Waals surface area contributed by atoms with Gasteiger partial charge in [-0.15, -0.1) is 4.40 Å². The fourth-order valence-corrected chi connectivity index (χ4v) is 2.21. The van der Waals surface area contributed by atoms with Crippen LogP contribution >= 0.6 is 0 Å². The SMILES string of the molecule is CCCCN1C(N)=CC(N)=NS1(=O)=O. The number of rotatable bonds is 3. The van der Waals surface area contributed by atoms with Crippen LogP contribution in [0.5, 0.6) is 0 Å². The van der Waals surface area contributed by atoms with E-state index < -0.39 is 10.2 Å². The fraction of sp³-hybridized carbons (Fsp3) is 0.571. The van der Waals surface area contributed by atoms with Gasteiger partial charge in [-0.3, -0.25) is 0 Å². The molecule has 1 heterocycles. The summed E-state index contributed by atoms with van der Waals surface area (Å²) in [4.78, 5) is 0. The van der Waals surface area contributed by atoms with Gasteiger partial charge < -0.3 is 11.5 Å². The van der Waals surface area contributed by atoms with E-state index in [-0.39, 0.29) is 11.7 Å². The van der Waals surface area contributed by atoms with Crippen LogP contribution in [0.25, 0.3) is 0 Å². The van der Waals surface area contributed by atoms with Crippen LogP contribution in [-0.2, 0) is 10.2 Å². The zero-order chi connectivity index (χ0) is 10.8. The van der Waals surface area contributed by atoms with Crippen molar-refractivity contribution in [1.29, 1.82) is 0 Å². The van der Waals surface area contributed by atoms with Crippen molar-refractivity contribution in [3.8, 4) is 0 Å². The molecule has 0 aromatic heterocycles. The Kier molecular flexibility index (Phi) is 3.00. The molecule has 0 saturated heterocycles. The Morgan fingerprint density at radius 2 is 2.14 bits per heavy atom. The van der Waals surface area contributed by atoms with Crippen molar-refractivity contribution in [3.63, 3.8) is 0 Å². The number of nitrogens with two attached hydrogens (primary N) is 2. The van der Waals surface area contributed by atoms with Gasteiger partial charge >= 0.3 is 10.2 Å². The highest BCUT2D eigenvalue weighted by Gasteiger charge is 2.25. The van der Waals surface area contributed by atoms with Crippen molar-refractivity contribution in [1.82, 2.24) is 4.31 Å². The van der Waals surface area contributed by atoms with Crippen molar-refractivity contribution in [2.24, 2.45) is 15.9 Å². The molecule has 0 unspecified atom stereocenters. The summed E-state index contributed by atoms with van der Waals surface area (Å²) in [5.41, 5.74) is 10.8. The molecule has 1 aliphatic heterocycles. The number of nitrogens with zero attached hydrogens (tertiary/aromatic N) is 2. The minimum Gasteiger partial charge on any atom is -0.384 e. The Hall–Kier alpha value is -1.24. The van der Waals surface area contributed by atoms with Gasteiger partial charge in [0.2, 0.25) is 0 Å². The minimum atomic E-state index is -3.69. The summed E-state index contributed by atoms with van der Waals surface area (Å²) >= 11 is 0. The first-order valence-electron chi connectivity index (χ1n) is 4.32. The van der Waals surface area contributed by atoms with Gasteiger partial charge in [0.1, 0.15) is 11.7 Å². The highest BCUT2D eigenvalue weighted by atomic mass is 32.2. The first kappa shape index (κ1) is 10.8. The lowest BCUT2D eigenvalue weighted by atomic mass is 10.3. The molecule has 0 aromatic carbocycles. The van der Waals surface area contributed by atoms with E-state index in [0.717, 1.165) is 17.1 Å². The maximum Gasteiger partial charge on any atom is 0.347 e. The normalized spacial score (nSPS) is 20.2. The number of hydrogen-bond donors (Lipinski definition) is 2. The molecule has 0 bridgehead atoms. The Labute approximate surface area is 83.5 Å². The standard InChI is InChI=1S/C7H14N4O2S/c1-2-3-4-11-7(9)5-6(8)10-14(11,12)13/h5H,2-4,9H2,1H3,(H2,8,10). The Balaban J connectivity index is 2.91. The molecule has 0 saturated carbocycles. The van der Waals surface area contributed by atoms with Crippen molar-refractivity contribution >= 4 is 16.0 Å². The van der Waals surface area contributed by atoms with Crippen molar-refractivity contribution in [2.45, 2.75) is 19.8 Å². The number of amidine groups is 1. The van der Waals surface area contributed by atoms with Crippen LogP contribution in [0.4, 0.5) is 0 Å². The second-order valence-electron chi connectivity index (χ2n) is 2.99. The van der Waals surface area contributed by atoms with Crippen LogP contribution in [0.15, 0.2) is 16.3 Å². The predicted molar refractivity (Wildman–Crippen MR) is 54.4 cm³/mol. The van der Waals surface area contributed by atoms with Gasteiger partial charge in [0.25, 0.3) is 0 Å². The lowest BCUT2D eigenvalue weighted by molar-refractivity contribution is 0.460. The Morgan fingerprint density at radius 3 is 2.64 bits per heavy atom. The smallest absolute Gasteiger partial charge is 0.347 e. The largest absolute Gasteiger partial charge is 0.384 e. The average molecular weight is 218 g/mol. The summed E-state index contributed by atoms with van der Waals surface area (Å²) in [6.45, 7) is 2.31. The predicted octanol–water partition coefficient (Wildman–Crippen LogP) is -0.496. The van der Waals surface area contributed by atoms with Gasteiger partial charge in [-0.1, -0.05) is 13.3 Å². The number of unbranched alkanes of at least 4 members (excludes halogenated alkanes) is 1. The molecule has 1 rings (SSSR count). The molecular weight excluding hydrogens is 204 g/mol. The van der Waals surface area contributed by atoms with Gasteiger partial charge in [0.05, 0.1) is 0 Å². The Morgan fingerprint density at radius 1 is 1.50 bits per heavy atom. The third kappa shape index (κ3) is 2.16. The molecule has 80 valence electrons. The molecule has 7 heteroatoms. The summed E-state index contributed by atoms with van der Waals surface area (Å²) in [6.07, 6.45) is 2.97. The zero-order valence-electron chi connectivity index (χ0n) is 7.97. The molecule has 0 aromatic rings. The Bertz CT molecular complexity index is 371. The summed E-state index contributed by atoms with van der Waals surface area (Å²) in [5, 5.41) is 0. The monoisotopic (exact) mass is 218 g/mol. The van der Waals surface area contributed by atoms with E-state index in [1.54, 1.807) is 0 Å². The van der Waals surface area contributed by atoms with E-state index in [9.17, 15) is 8.42 Å².